The van der Waals surface area contributed by atoms with Gasteiger partial charge in [0.05, 0.1) is 0 Å². The number of aryl methyl sites for hydroxylation is 1. The number of hydrogen-bond donors (Lipinski definition) is 0. The number of rotatable bonds is 12. The van der Waals surface area contributed by atoms with Gasteiger partial charge in [-0.05, 0) is 37.3 Å². The van der Waals surface area contributed by atoms with Crippen molar-refractivity contribution in [1.29, 1.82) is 0 Å². The second kappa shape index (κ2) is 15.1. The predicted octanol–water partition coefficient (Wildman–Crippen LogP) is 5.16. The summed E-state index contributed by atoms with van der Waals surface area (Å²) in [6.45, 7) is 0. The third-order valence-corrected chi connectivity index (χ3v) is 3.70. The molecule has 3 nitrogen and oxygen atoms in total. The van der Waals surface area contributed by atoms with Gasteiger partial charge in [0.1, 0.15) is 7.11 Å². The Balaban J connectivity index is 1.83. The third kappa shape index (κ3) is 12.4. The van der Waals surface area contributed by atoms with E-state index in [-0.39, 0.29) is 0 Å². The zero-order valence-corrected chi connectivity index (χ0v) is 14.5. The van der Waals surface area contributed by atoms with Gasteiger partial charge in [0, 0.05) is 31.4 Å². The molecule has 1 heterocycles. The highest BCUT2D eigenvalue weighted by Gasteiger charge is 1.91. The zero-order valence-electron chi connectivity index (χ0n) is 14.5. The molecule has 0 unspecified atom stereocenters. The molecule has 0 bridgehead atoms. The van der Waals surface area contributed by atoms with Crippen molar-refractivity contribution >= 4 is 6.21 Å². The maximum Gasteiger partial charge on any atom is 0.106 e. The van der Waals surface area contributed by atoms with Crippen molar-refractivity contribution in [2.24, 2.45) is 5.16 Å². The first-order chi connectivity index (χ1) is 11.4. The summed E-state index contributed by atoms with van der Waals surface area (Å²) < 4.78 is 0. The molecular weight excluding hydrogens is 284 g/mol. The van der Waals surface area contributed by atoms with Crippen LogP contribution in [0.3, 0.4) is 0 Å². The molecule has 0 saturated carbocycles. The lowest BCUT2D eigenvalue weighted by molar-refractivity contribution is 0.214. The highest BCUT2D eigenvalue weighted by Crippen LogP contribution is 2.09. The van der Waals surface area contributed by atoms with Crippen LogP contribution in [0.15, 0.2) is 29.7 Å². The van der Waals surface area contributed by atoms with Gasteiger partial charge in [-0.1, -0.05) is 43.3 Å². The molecule has 3 heteroatoms. The fraction of sp³-hybridized carbons (Fsp3) is 0.600. The molecule has 0 fully saturated rings. The summed E-state index contributed by atoms with van der Waals surface area (Å²) in [6, 6.07) is 4.09. The summed E-state index contributed by atoms with van der Waals surface area (Å²) in [5, 5.41) is 3.74. The molecule has 126 valence electrons. The van der Waals surface area contributed by atoms with E-state index in [0.717, 1.165) is 25.7 Å². The van der Waals surface area contributed by atoms with Crippen LogP contribution < -0.4 is 0 Å². The molecule has 0 aromatic carbocycles. The van der Waals surface area contributed by atoms with Gasteiger partial charge >= 0.3 is 0 Å². The summed E-state index contributed by atoms with van der Waals surface area (Å²) in [4.78, 5) is 8.74. The summed E-state index contributed by atoms with van der Waals surface area (Å²) in [6.07, 6.45) is 18.7. The Morgan fingerprint density at radius 1 is 1.04 bits per heavy atom. The Labute approximate surface area is 141 Å². The van der Waals surface area contributed by atoms with Crippen molar-refractivity contribution in [3.8, 4) is 11.8 Å². The molecule has 1 aromatic rings. The predicted molar refractivity (Wildman–Crippen MR) is 97.4 cm³/mol. The topological polar surface area (TPSA) is 34.5 Å². The molecule has 0 aliphatic carbocycles. The van der Waals surface area contributed by atoms with Crippen molar-refractivity contribution in [3.05, 3.63) is 30.1 Å². The molecule has 0 aliphatic heterocycles. The van der Waals surface area contributed by atoms with Crippen molar-refractivity contribution in [2.75, 3.05) is 7.11 Å². The van der Waals surface area contributed by atoms with Gasteiger partial charge in [-0.2, -0.15) is 0 Å². The smallest absolute Gasteiger partial charge is 0.106 e. The van der Waals surface area contributed by atoms with Gasteiger partial charge < -0.3 is 4.84 Å². The first kappa shape index (κ1) is 19.2. The van der Waals surface area contributed by atoms with Crippen LogP contribution in [0.1, 0.15) is 69.8 Å². The lowest BCUT2D eigenvalue weighted by atomic mass is 10.1. The minimum atomic E-state index is 0.943. The maximum absolute atomic E-state index is 4.63. The van der Waals surface area contributed by atoms with Gasteiger partial charge in [-0.3, -0.25) is 4.98 Å². The zero-order chi connectivity index (χ0) is 16.4. The van der Waals surface area contributed by atoms with Crippen molar-refractivity contribution in [2.45, 2.75) is 70.6 Å². The fourth-order valence-corrected chi connectivity index (χ4v) is 2.39. The van der Waals surface area contributed by atoms with Crippen LogP contribution in [-0.2, 0) is 11.3 Å². The van der Waals surface area contributed by atoms with E-state index in [1.165, 1.54) is 50.5 Å². The van der Waals surface area contributed by atoms with E-state index in [1.54, 1.807) is 7.11 Å². The third-order valence-electron chi connectivity index (χ3n) is 3.70. The number of oxime groups is 1. The van der Waals surface area contributed by atoms with Crippen molar-refractivity contribution < 1.29 is 4.84 Å². The van der Waals surface area contributed by atoms with Gasteiger partial charge in [0.2, 0.25) is 0 Å². The first-order valence-corrected chi connectivity index (χ1v) is 8.83. The van der Waals surface area contributed by atoms with E-state index in [9.17, 15) is 0 Å². The minimum absolute atomic E-state index is 0.943. The first-order valence-electron chi connectivity index (χ1n) is 8.83. The second-order valence-corrected chi connectivity index (χ2v) is 5.70. The van der Waals surface area contributed by atoms with E-state index in [4.69, 9.17) is 0 Å². The van der Waals surface area contributed by atoms with E-state index in [2.05, 4.69) is 32.9 Å². The Hall–Kier alpha value is -1.82. The molecular formula is C20H30N2O. The number of nitrogens with zero attached hydrogens (tertiary/aromatic N) is 2. The summed E-state index contributed by atoms with van der Waals surface area (Å²) in [5.41, 5.74) is 1.27. The fourth-order valence-electron chi connectivity index (χ4n) is 2.39. The number of unbranched alkanes of at least 4 members (excludes halogenated alkanes) is 8. The van der Waals surface area contributed by atoms with Crippen molar-refractivity contribution in [3.63, 3.8) is 0 Å². The lowest BCUT2D eigenvalue weighted by Gasteiger charge is -1.99. The van der Waals surface area contributed by atoms with Crippen LogP contribution in [0.5, 0.6) is 0 Å². The second-order valence-electron chi connectivity index (χ2n) is 5.70. The molecule has 23 heavy (non-hydrogen) atoms. The molecule has 0 radical (unpaired) electrons. The molecule has 0 atom stereocenters. The highest BCUT2D eigenvalue weighted by atomic mass is 16.6. The lowest BCUT2D eigenvalue weighted by Crippen LogP contribution is -1.84. The standard InChI is InChI=1S/C20H30N2O/c1-23-22-18-13-11-9-7-5-3-2-4-6-8-10-12-15-20-16-14-17-21-19-20/h14,16-19H,2-7,9,11-13,15H2,1H3/b22-18+. The average Bonchev–Trinajstić information content (AvgIpc) is 2.59. The molecule has 1 aromatic heterocycles. The van der Waals surface area contributed by atoms with Crippen LogP contribution in [0.2, 0.25) is 0 Å². The van der Waals surface area contributed by atoms with Gasteiger partial charge in [0.25, 0.3) is 0 Å². The SMILES string of the molecule is CO/N=C/CCCCCCCCCC#CCCc1cccnc1. The average molecular weight is 314 g/mol. The minimum Gasteiger partial charge on any atom is -0.399 e. The quantitative estimate of drug-likeness (QED) is 0.231. The van der Waals surface area contributed by atoms with E-state index >= 15 is 0 Å². The van der Waals surface area contributed by atoms with Crippen LogP contribution in [0, 0.1) is 11.8 Å². The molecule has 0 aliphatic rings. The summed E-state index contributed by atoms with van der Waals surface area (Å²) in [5.74, 6) is 6.56. The van der Waals surface area contributed by atoms with Crippen molar-refractivity contribution in [1.82, 2.24) is 4.98 Å². The molecule has 0 spiro atoms. The molecule has 0 amide bonds. The molecule has 0 N–H and O–H groups in total. The van der Waals surface area contributed by atoms with Crippen LogP contribution in [0.25, 0.3) is 0 Å². The van der Waals surface area contributed by atoms with Crippen LogP contribution in [0.4, 0.5) is 0 Å². The largest absolute Gasteiger partial charge is 0.399 e. The molecule has 0 saturated heterocycles. The van der Waals surface area contributed by atoms with Crippen LogP contribution in [-0.4, -0.2) is 18.3 Å². The Morgan fingerprint density at radius 2 is 1.78 bits per heavy atom. The Morgan fingerprint density at radius 3 is 2.52 bits per heavy atom. The number of pyridine rings is 1. The van der Waals surface area contributed by atoms with E-state index < -0.39 is 0 Å². The number of hydrogen-bond acceptors (Lipinski definition) is 3. The maximum atomic E-state index is 4.63. The number of aromatic nitrogens is 1. The van der Waals surface area contributed by atoms with Gasteiger partial charge in [-0.25, -0.2) is 0 Å². The highest BCUT2D eigenvalue weighted by molar-refractivity contribution is 5.55. The monoisotopic (exact) mass is 314 g/mol. The normalized spacial score (nSPS) is 10.5. The van der Waals surface area contributed by atoms with E-state index in [0.29, 0.717) is 0 Å². The summed E-state index contributed by atoms with van der Waals surface area (Å²) in [7, 11) is 1.58. The molecule has 1 rings (SSSR count). The van der Waals surface area contributed by atoms with Gasteiger partial charge in [-0.15, -0.1) is 11.8 Å². The van der Waals surface area contributed by atoms with E-state index in [1.807, 2.05) is 24.7 Å². The Bertz CT molecular complexity index is 460. The Kier molecular flexibility index (Phi) is 12.6. The van der Waals surface area contributed by atoms with Crippen LogP contribution >= 0.6 is 0 Å². The van der Waals surface area contributed by atoms with Gasteiger partial charge in [0.15, 0.2) is 0 Å². The summed E-state index contributed by atoms with van der Waals surface area (Å²) >= 11 is 0.